The molecule has 1 aromatic heterocycles. The van der Waals surface area contributed by atoms with Crippen molar-refractivity contribution < 1.29 is 4.74 Å². The summed E-state index contributed by atoms with van der Waals surface area (Å²) < 4.78 is 5.79. The van der Waals surface area contributed by atoms with Gasteiger partial charge in [0.05, 0.1) is 0 Å². The van der Waals surface area contributed by atoms with Gasteiger partial charge in [-0.1, -0.05) is 23.8 Å². The Kier molecular flexibility index (Phi) is 3.82. The standard InChI is InChI=1S/C15H18N2O/c1-11-4-6-14(12(2)8-11)18-10-13-5-7-15(16-3)17-9-13/h4-9H,10H2,1-3H3,(H,16,17). The number of nitrogens with one attached hydrogen (secondary N) is 1. The van der Waals surface area contributed by atoms with Crippen LogP contribution in [0.3, 0.4) is 0 Å². The Bertz CT molecular complexity index is 521. The van der Waals surface area contributed by atoms with Gasteiger partial charge in [-0.05, 0) is 31.5 Å². The molecule has 0 aliphatic heterocycles. The van der Waals surface area contributed by atoms with Crippen LogP contribution in [0.2, 0.25) is 0 Å². The Morgan fingerprint density at radius 2 is 2.00 bits per heavy atom. The molecular weight excluding hydrogens is 224 g/mol. The van der Waals surface area contributed by atoms with Crippen LogP contribution in [0, 0.1) is 13.8 Å². The summed E-state index contributed by atoms with van der Waals surface area (Å²) in [7, 11) is 1.86. The molecule has 0 bridgehead atoms. The number of ether oxygens (including phenoxy) is 1. The molecule has 0 radical (unpaired) electrons. The lowest BCUT2D eigenvalue weighted by molar-refractivity contribution is 0.303. The lowest BCUT2D eigenvalue weighted by Gasteiger charge is -2.10. The number of aryl methyl sites for hydroxylation is 2. The molecule has 94 valence electrons. The highest BCUT2D eigenvalue weighted by Gasteiger charge is 2.01. The number of benzene rings is 1. The number of pyridine rings is 1. The average Bonchev–Trinajstić information content (AvgIpc) is 2.38. The molecule has 0 amide bonds. The third-order valence-electron chi connectivity index (χ3n) is 2.81. The van der Waals surface area contributed by atoms with Crippen molar-refractivity contribution in [1.82, 2.24) is 4.98 Å². The SMILES string of the molecule is CNc1ccc(COc2ccc(C)cc2C)cn1. The minimum Gasteiger partial charge on any atom is -0.489 e. The first kappa shape index (κ1) is 12.4. The van der Waals surface area contributed by atoms with Gasteiger partial charge in [0.15, 0.2) is 0 Å². The van der Waals surface area contributed by atoms with Crippen LogP contribution in [-0.2, 0) is 6.61 Å². The molecule has 1 heterocycles. The Labute approximate surface area is 108 Å². The van der Waals surface area contributed by atoms with Crippen LogP contribution in [0.25, 0.3) is 0 Å². The largest absolute Gasteiger partial charge is 0.489 e. The van der Waals surface area contributed by atoms with Crippen molar-refractivity contribution in [1.29, 1.82) is 0 Å². The summed E-state index contributed by atoms with van der Waals surface area (Å²) in [5.41, 5.74) is 3.48. The molecule has 18 heavy (non-hydrogen) atoms. The van der Waals surface area contributed by atoms with Crippen molar-refractivity contribution in [2.45, 2.75) is 20.5 Å². The van der Waals surface area contributed by atoms with Crippen molar-refractivity contribution in [3.05, 3.63) is 53.2 Å². The molecule has 2 rings (SSSR count). The van der Waals surface area contributed by atoms with Gasteiger partial charge in [0.25, 0.3) is 0 Å². The normalized spacial score (nSPS) is 10.2. The molecule has 0 saturated carbocycles. The summed E-state index contributed by atoms with van der Waals surface area (Å²) in [4.78, 5) is 4.25. The maximum absolute atomic E-state index is 5.79. The average molecular weight is 242 g/mol. The first-order valence-corrected chi connectivity index (χ1v) is 6.02. The second-order valence-electron chi connectivity index (χ2n) is 4.36. The molecular formula is C15H18N2O. The Morgan fingerprint density at radius 1 is 1.17 bits per heavy atom. The fourth-order valence-electron chi connectivity index (χ4n) is 1.78. The van der Waals surface area contributed by atoms with Gasteiger partial charge < -0.3 is 10.1 Å². The maximum Gasteiger partial charge on any atom is 0.125 e. The number of hydrogen-bond acceptors (Lipinski definition) is 3. The zero-order chi connectivity index (χ0) is 13.0. The zero-order valence-corrected chi connectivity index (χ0v) is 11.0. The smallest absolute Gasteiger partial charge is 0.125 e. The third-order valence-corrected chi connectivity index (χ3v) is 2.81. The van der Waals surface area contributed by atoms with Crippen molar-refractivity contribution in [2.75, 3.05) is 12.4 Å². The van der Waals surface area contributed by atoms with Crippen LogP contribution in [0.4, 0.5) is 5.82 Å². The van der Waals surface area contributed by atoms with Crippen LogP contribution in [0.5, 0.6) is 5.75 Å². The van der Waals surface area contributed by atoms with Gasteiger partial charge in [0.2, 0.25) is 0 Å². The molecule has 0 aliphatic rings. The van der Waals surface area contributed by atoms with E-state index < -0.39 is 0 Å². The summed E-state index contributed by atoms with van der Waals surface area (Å²) in [5.74, 6) is 1.79. The minimum absolute atomic E-state index is 0.543. The predicted molar refractivity (Wildman–Crippen MR) is 74.0 cm³/mol. The molecule has 3 heteroatoms. The monoisotopic (exact) mass is 242 g/mol. The molecule has 0 fully saturated rings. The van der Waals surface area contributed by atoms with Gasteiger partial charge in [-0.25, -0.2) is 4.98 Å². The second-order valence-corrected chi connectivity index (χ2v) is 4.36. The van der Waals surface area contributed by atoms with Crippen LogP contribution < -0.4 is 10.1 Å². The van der Waals surface area contributed by atoms with E-state index in [1.54, 1.807) is 0 Å². The third kappa shape index (κ3) is 3.00. The van der Waals surface area contributed by atoms with Crippen molar-refractivity contribution >= 4 is 5.82 Å². The highest BCUT2D eigenvalue weighted by Crippen LogP contribution is 2.20. The van der Waals surface area contributed by atoms with Gasteiger partial charge in [0.1, 0.15) is 18.2 Å². The van der Waals surface area contributed by atoms with Crippen LogP contribution in [0.15, 0.2) is 36.5 Å². The molecule has 1 N–H and O–H groups in total. The highest BCUT2D eigenvalue weighted by atomic mass is 16.5. The van der Waals surface area contributed by atoms with E-state index in [0.29, 0.717) is 6.61 Å². The zero-order valence-electron chi connectivity index (χ0n) is 11.0. The summed E-state index contributed by atoms with van der Waals surface area (Å²) in [6.45, 7) is 4.68. The summed E-state index contributed by atoms with van der Waals surface area (Å²) in [5, 5.41) is 2.99. The van der Waals surface area contributed by atoms with E-state index >= 15 is 0 Å². The molecule has 3 nitrogen and oxygen atoms in total. The molecule has 0 unspecified atom stereocenters. The minimum atomic E-state index is 0.543. The van der Waals surface area contributed by atoms with Gasteiger partial charge in [-0.2, -0.15) is 0 Å². The van der Waals surface area contributed by atoms with E-state index in [1.165, 1.54) is 5.56 Å². The van der Waals surface area contributed by atoms with Gasteiger partial charge >= 0.3 is 0 Å². The van der Waals surface area contributed by atoms with Crippen molar-refractivity contribution in [3.8, 4) is 5.75 Å². The van der Waals surface area contributed by atoms with Crippen molar-refractivity contribution in [2.24, 2.45) is 0 Å². The highest BCUT2D eigenvalue weighted by molar-refractivity contribution is 5.37. The van der Waals surface area contributed by atoms with Gasteiger partial charge in [-0.3, -0.25) is 0 Å². The lowest BCUT2D eigenvalue weighted by atomic mass is 10.1. The van der Waals surface area contributed by atoms with Crippen molar-refractivity contribution in [3.63, 3.8) is 0 Å². The molecule has 2 aromatic rings. The van der Waals surface area contributed by atoms with E-state index in [2.05, 4.69) is 36.3 Å². The van der Waals surface area contributed by atoms with Gasteiger partial charge in [0, 0.05) is 18.8 Å². The van der Waals surface area contributed by atoms with E-state index in [9.17, 15) is 0 Å². The second kappa shape index (κ2) is 5.54. The summed E-state index contributed by atoms with van der Waals surface area (Å²) in [6.07, 6.45) is 1.83. The van der Waals surface area contributed by atoms with Gasteiger partial charge in [-0.15, -0.1) is 0 Å². The predicted octanol–water partition coefficient (Wildman–Crippen LogP) is 3.32. The van der Waals surface area contributed by atoms with Crippen LogP contribution >= 0.6 is 0 Å². The summed E-state index contributed by atoms with van der Waals surface area (Å²) >= 11 is 0. The maximum atomic E-state index is 5.79. The molecule has 0 aliphatic carbocycles. The molecule has 1 aromatic carbocycles. The number of rotatable bonds is 4. The summed E-state index contributed by atoms with van der Waals surface area (Å²) in [6, 6.07) is 10.2. The van der Waals surface area contributed by atoms with E-state index in [-0.39, 0.29) is 0 Å². The number of nitrogens with zero attached hydrogens (tertiary/aromatic N) is 1. The molecule has 0 spiro atoms. The number of anilines is 1. The van der Waals surface area contributed by atoms with E-state index in [0.717, 1.165) is 22.7 Å². The fourth-order valence-corrected chi connectivity index (χ4v) is 1.78. The lowest BCUT2D eigenvalue weighted by Crippen LogP contribution is -1.99. The Hall–Kier alpha value is -2.03. The first-order chi connectivity index (χ1) is 8.69. The van der Waals surface area contributed by atoms with E-state index in [1.807, 2.05) is 31.4 Å². The molecule has 0 saturated heterocycles. The van der Waals surface area contributed by atoms with E-state index in [4.69, 9.17) is 4.74 Å². The van der Waals surface area contributed by atoms with Crippen LogP contribution in [0.1, 0.15) is 16.7 Å². The Balaban J connectivity index is 2.02. The Morgan fingerprint density at radius 3 is 2.61 bits per heavy atom. The quantitative estimate of drug-likeness (QED) is 0.893. The molecule has 0 atom stereocenters. The fraction of sp³-hybridized carbons (Fsp3) is 0.267. The van der Waals surface area contributed by atoms with Crippen LogP contribution in [-0.4, -0.2) is 12.0 Å². The topological polar surface area (TPSA) is 34.1 Å². The number of aromatic nitrogens is 1. The number of hydrogen-bond donors (Lipinski definition) is 1. The first-order valence-electron chi connectivity index (χ1n) is 6.02.